The molecule has 2 N–H and O–H groups in total. The number of nitrogens with zero attached hydrogens (tertiary/aromatic N) is 3. The molecule has 0 radical (unpaired) electrons. The van der Waals surface area contributed by atoms with Gasteiger partial charge >= 0.3 is 0 Å². The Bertz CT molecular complexity index is 677. The van der Waals surface area contributed by atoms with Crippen LogP contribution in [0.2, 0.25) is 0 Å². The third kappa shape index (κ3) is 6.65. The molecule has 0 saturated carbocycles. The van der Waals surface area contributed by atoms with Crippen molar-refractivity contribution in [3.05, 3.63) is 29.8 Å². The van der Waals surface area contributed by atoms with Crippen molar-refractivity contribution in [2.45, 2.75) is 44.2 Å². The number of piperidine rings is 2. The van der Waals surface area contributed by atoms with Crippen LogP contribution in [-0.2, 0) is 16.0 Å². The third-order valence-corrected chi connectivity index (χ3v) is 6.93. The summed E-state index contributed by atoms with van der Waals surface area (Å²) < 4.78 is 5.41. The highest BCUT2D eigenvalue weighted by atomic mass is 16.5. The Morgan fingerprint density at radius 2 is 1.65 bits per heavy atom. The van der Waals surface area contributed by atoms with Gasteiger partial charge in [0.1, 0.15) is 0 Å². The molecule has 3 fully saturated rings. The van der Waals surface area contributed by atoms with Crippen LogP contribution < -0.4 is 10.2 Å². The summed E-state index contributed by atoms with van der Waals surface area (Å²) in [5.74, 6) is 0.170. The molecule has 4 rings (SSSR count). The molecule has 0 atom stereocenters. The number of ether oxygens (including phenoxy) is 1. The number of carbonyl (C=O) groups is 1. The summed E-state index contributed by atoms with van der Waals surface area (Å²) >= 11 is 0. The van der Waals surface area contributed by atoms with Gasteiger partial charge in [0.05, 0.1) is 25.7 Å². The standard InChI is InChI=1S/C24H38N4O3/c29-23-7-12-28(13-8-23)24(30)19-20-1-3-22(4-2-20)27-10-5-21(6-11-27)25-9-14-26-15-17-31-18-16-26/h1-4,21,23,25,29H,5-19H2. The summed E-state index contributed by atoms with van der Waals surface area (Å²) in [6.45, 7) is 9.52. The van der Waals surface area contributed by atoms with E-state index in [0.29, 0.717) is 38.4 Å². The van der Waals surface area contributed by atoms with Gasteiger partial charge in [0.25, 0.3) is 0 Å². The Hall–Kier alpha value is -1.67. The number of anilines is 1. The first-order valence-corrected chi connectivity index (χ1v) is 12.0. The molecule has 3 aliphatic heterocycles. The monoisotopic (exact) mass is 430 g/mol. The van der Waals surface area contributed by atoms with Crippen molar-refractivity contribution in [3.8, 4) is 0 Å². The molecule has 7 heteroatoms. The largest absolute Gasteiger partial charge is 0.393 e. The van der Waals surface area contributed by atoms with Gasteiger partial charge in [-0.1, -0.05) is 12.1 Å². The van der Waals surface area contributed by atoms with Crippen LogP contribution in [0, 0.1) is 0 Å². The Morgan fingerprint density at radius 3 is 2.32 bits per heavy atom. The molecule has 0 aliphatic carbocycles. The van der Waals surface area contributed by atoms with E-state index >= 15 is 0 Å². The number of amides is 1. The molecule has 1 amide bonds. The fourth-order valence-corrected chi connectivity index (χ4v) is 4.82. The fraction of sp³-hybridized carbons (Fsp3) is 0.708. The van der Waals surface area contributed by atoms with E-state index < -0.39 is 0 Å². The molecule has 31 heavy (non-hydrogen) atoms. The molecule has 1 aromatic carbocycles. The molecule has 1 aromatic rings. The molecule has 0 unspecified atom stereocenters. The van der Waals surface area contributed by atoms with Gasteiger partial charge in [-0.25, -0.2) is 0 Å². The Kier molecular flexibility index (Phi) is 8.19. The highest BCUT2D eigenvalue weighted by Gasteiger charge is 2.22. The number of likely N-dealkylation sites (tertiary alicyclic amines) is 1. The van der Waals surface area contributed by atoms with Crippen molar-refractivity contribution < 1.29 is 14.6 Å². The number of hydrogen-bond acceptors (Lipinski definition) is 6. The second kappa shape index (κ2) is 11.3. The van der Waals surface area contributed by atoms with E-state index in [1.807, 2.05) is 4.90 Å². The van der Waals surface area contributed by atoms with Gasteiger partial charge in [-0.3, -0.25) is 9.69 Å². The van der Waals surface area contributed by atoms with E-state index in [1.165, 1.54) is 18.5 Å². The van der Waals surface area contributed by atoms with Crippen LogP contribution in [0.15, 0.2) is 24.3 Å². The van der Waals surface area contributed by atoms with Crippen LogP contribution in [0.25, 0.3) is 0 Å². The zero-order valence-corrected chi connectivity index (χ0v) is 18.7. The number of morpholine rings is 1. The van der Waals surface area contributed by atoms with Crippen molar-refractivity contribution >= 4 is 11.6 Å². The van der Waals surface area contributed by atoms with Gasteiger partial charge in [0, 0.05) is 64.1 Å². The maximum absolute atomic E-state index is 12.5. The lowest BCUT2D eigenvalue weighted by atomic mass is 10.0. The Labute approximate surface area is 186 Å². The van der Waals surface area contributed by atoms with Crippen LogP contribution in [0.4, 0.5) is 5.69 Å². The SMILES string of the molecule is O=C(Cc1ccc(N2CCC(NCCN3CCOCC3)CC2)cc1)N1CCC(O)CC1. The molecule has 3 heterocycles. The quantitative estimate of drug-likeness (QED) is 0.675. The molecule has 7 nitrogen and oxygen atoms in total. The summed E-state index contributed by atoms with van der Waals surface area (Å²) in [7, 11) is 0. The fourth-order valence-electron chi connectivity index (χ4n) is 4.82. The molecule has 3 saturated heterocycles. The topological polar surface area (TPSA) is 68.3 Å². The van der Waals surface area contributed by atoms with E-state index in [0.717, 1.165) is 58.0 Å². The maximum Gasteiger partial charge on any atom is 0.226 e. The molecule has 3 aliphatic rings. The third-order valence-electron chi connectivity index (χ3n) is 6.93. The summed E-state index contributed by atoms with van der Waals surface area (Å²) in [6.07, 6.45) is 3.94. The van der Waals surface area contributed by atoms with Crippen molar-refractivity contribution in [2.24, 2.45) is 0 Å². The second-order valence-corrected chi connectivity index (χ2v) is 9.12. The van der Waals surface area contributed by atoms with Crippen molar-refractivity contribution in [2.75, 3.05) is 70.5 Å². The van der Waals surface area contributed by atoms with Gasteiger partial charge in [0.15, 0.2) is 0 Å². The van der Waals surface area contributed by atoms with E-state index in [1.54, 1.807) is 0 Å². The molecule has 0 bridgehead atoms. The average molecular weight is 431 g/mol. The predicted octanol–water partition coefficient (Wildman–Crippen LogP) is 1.10. The summed E-state index contributed by atoms with van der Waals surface area (Å²) in [5.41, 5.74) is 2.32. The van der Waals surface area contributed by atoms with Gasteiger partial charge in [-0.2, -0.15) is 0 Å². The minimum absolute atomic E-state index is 0.170. The van der Waals surface area contributed by atoms with Gasteiger partial charge in [-0.05, 0) is 43.4 Å². The smallest absolute Gasteiger partial charge is 0.226 e. The number of aliphatic hydroxyl groups excluding tert-OH is 1. The van der Waals surface area contributed by atoms with Crippen LogP contribution in [0.1, 0.15) is 31.2 Å². The average Bonchev–Trinajstić information content (AvgIpc) is 2.81. The number of aliphatic hydroxyl groups is 1. The maximum atomic E-state index is 12.5. The zero-order chi connectivity index (χ0) is 21.5. The van der Waals surface area contributed by atoms with Crippen molar-refractivity contribution in [3.63, 3.8) is 0 Å². The lowest BCUT2D eigenvalue weighted by Crippen LogP contribution is -2.46. The number of rotatable bonds is 7. The molecule has 172 valence electrons. The van der Waals surface area contributed by atoms with E-state index in [4.69, 9.17) is 4.74 Å². The highest BCUT2D eigenvalue weighted by Crippen LogP contribution is 2.21. The zero-order valence-electron chi connectivity index (χ0n) is 18.7. The van der Waals surface area contributed by atoms with Crippen LogP contribution in [0.3, 0.4) is 0 Å². The van der Waals surface area contributed by atoms with Crippen molar-refractivity contribution in [1.29, 1.82) is 0 Å². The van der Waals surface area contributed by atoms with Gasteiger partial charge < -0.3 is 25.0 Å². The predicted molar refractivity (Wildman–Crippen MR) is 122 cm³/mol. The van der Waals surface area contributed by atoms with E-state index in [2.05, 4.69) is 39.4 Å². The van der Waals surface area contributed by atoms with Crippen LogP contribution in [-0.4, -0.2) is 98.5 Å². The van der Waals surface area contributed by atoms with Crippen LogP contribution >= 0.6 is 0 Å². The normalized spacial score (nSPS) is 22.1. The number of nitrogens with one attached hydrogen (secondary N) is 1. The minimum atomic E-state index is -0.243. The lowest BCUT2D eigenvalue weighted by Gasteiger charge is -2.35. The molecule has 0 spiro atoms. The second-order valence-electron chi connectivity index (χ2n) is 9.12. The van der Waals surface area contributed by atoms with Crippen LogP contribution in [0.5, 0.6) is 0 Å². The number of carbonyl (C=O) groups excluding carboxylic acids is 1. The summed E-state index contributed by atoms with van der Waals surface area (Å²) in [5, 5.41) is 13.4. The number of benzene rings is 1. The summed E-state index contributed by atoms with van der Waals surface area (Å²) in [4.78, 5) is 19.3. The highest BCUT2D eigenvalue weighted by molar-refractivity contribution is 5.79. The Balaban J connectivity index is 1.16. The summed E-state index contributed by atoms with van der Waals surface area (Å²) in [6, 6.07) is 9.12. The van der Waals surface area contributed by atoms with E-state index in [9.17, 15) is 9.90 Å². The first kappa shape index (κ1) is 22.5. The van der Waals surface area contributed by atoms with E-state index in [-0.39, 0.29) is 12.0 Å². The lowest BCUT2D eigenvalue weighted by molar-refractivity contribution is -0.132. The Morgan fingerprint density at radius 1 is 0.968 bits per heavy atom. The molecule has 0 aromatic heterocycles. The molecular formula is C24H38N4O3. The first-order chi connectivity index (χ1) is 15.2. The first-order valence-electron chi connectivity index (χ1n) is 12.0. The van der Waals surface area contributed by atoms with Gasteiger partial charge in [0.2, 0.25) is 5.91 Å². The number of hydrogen-bond donors (Lipinski definition) is 2. The van der Waals surface area contributed by atoms with Crippen molar-refractivity contribution in [1.82, 2.24) is 15.1 Å². The molecular weight excluding hydrogens is 392 g/mol. The minimum Gasteiger partial charge on any atom is -0.393 e. The van der Waals surface area contributed by atoms with Gasteiger partial charge in [-0.15, -0.1) is 0 Å².